The summed E-state index contributed by atoms with van der Waals surface area (Å²) in [6.07, 6.45) is 1.47. The predicted molar refractivity (Wildman–Crippen MR) is 67.7 cm³/mol. The average Bonchev–Trinajstić information content (AvgIpc) is 2.77. The molecular formula is C11H9ClN4O3. The SMILES string of the molecule is Cc1cc(NC(=O)C(=O)Nc2cccnc2Cl)no1. The molecule has 2 amide bonds. The Morgan fingerprint density at radius 2 is 2.05 bits per heavy atom. The molecule has 2 heterocycles. The molecular weight excluding hydrogens is 272 g/mol. The van der Waals surface area contributed by atoms with E-state index in [1.165, 1.54) is 18.3 Å². The van der Waals surface area contributed by atoms with Crippen LogP contribution >= 0.6 is 11.6 Å². The zero-order chi connectivity index (χ0) is 13.8. The second-order valence-electron chi connectivity index (χ2n) is 3.57. The van der Waals surface area contributed by atoms with Gasteiger partial charge in [0.25, 0.3) is 0 Å². The number of pyridine rings is 1. The number of halogens is 1. The summed E-state index contributed by atoms with van der Waals surface area (Å²) in [7, 11) is 0. The van der Waals surface area contributed by atoms with Crippen molar-refractivity contribution in [1.29, 1.82) is 0 Å². The summed E-state index contributed by atoms with van der Waals surface area (Å²) in [6, 6.07) is 4.60. The van der Waals surface area contributed by atoms with Crippen molar-refractivity contribution in [2.75, 3.05) is 10.6 Å². The highest BCUT2D eigenvalue weighted by Crippen LogP contribution is 2.17. The maximum Gasteiger partial charge on any atom is 0.315 e. The summed E-state index contributed by atoms with van der Waals surface area (Å²) < 4.78 is 4.75. The summed E-state index contributed by atoms with van der Waals surface area (Å²) in [5.74, 6) is -1.08. The zero-order valence-corrected chi connectivity index (χ0v) is 10.6. The number of carbonyl (C=O) groups excluding carboxylic acids is 2. The zero-order valence-electron chi connectivity index (χ0n) is 9.81. The molecule has 98 valence electrons. The molecule has 0 fully saturated rings. The fraction of sp³-hybridized carbons (Fsp3) is 0.0909. The first kappa shape index (κ1) is 13.0. The van der Waals surface area contributed by atoms with Gasteiger partial charge in [-0.15, -0.1) is 0 Å². The smallest absolute Gasteiger partial charge is 0.315 e. The van der Waals surface area contributed by atoms with Gasteiger partial charge in [-0.2, -0.15) is 0 Å². The lowest BCUT2D eigenvalue weighted by atomic mass is 10.4. The van der Waals surface area contributed by atoms with E-state index < -0.39 is 11.8 Å². The number of hydrogen-bond acceptors (Lipinski definition) is 5. The van der Waals surface area contributed by atoms with E-state index in [2.05, 4.69) is 20.8 Å². The Labute approximate surface area is 112 Å². The van der Waals surface area contributed by atoms with Gasteiger partial charge in [0.05, 0.1) is 5.69 Å². The van der Waals surface area contributed by atoms with Crippen LogP contribution in [-0.2, 0) is 9.59 Å². The fourth-order valence-electron chi connectivity index (χ4n) is 1.26. The minimum absolute atomic E-state index is 0.0981. The van der Waals surface area contributed by atoms with Crippen molar-refractivity contribution in [3.63, 3.8) is 0 Å². The number of aryl methyl sites for hydroxylation is 1. The molecule has 0 atom stereocenters. The largest absolute Gasteiger partial charge is 0.360 e. The third-order valence-electron chi connectivity index (χ3n) is 2.08. The Bertz CT molecular complexity index is 626. The van der Waals surface area contributed by atoms with E-state index in [0.29, 0.717) is 5.76 Å². The van der Waals surface area contributed by atoms with E-state index in [1.807, 2.05) is 0 Å². The van der Waals surface area contributed by atoms with Crippen molar-refractivity contribution in [2.45, 2.75) is 6.92 Å². The van der Waals surface area contributed by atoms with Gasteiger partial charge >= 0.3 is 11.8 Å². The van der Waals surface area contributed by atoms with E-state index >= 15 is 0 Å². The Hall–Kier alpha value is -2.41. The molecule has 19 heavy (non-hydrogen) atoms. The summed E-state index contributed by atoms with van der Waals surface area (Å²) >= 11 is 5.75. The van der Waals surface area contributed by atoms with Gasteiger partial charge in [-0.25, -0.2) is 4.98 Å². The first-order valence-corrected chi connectivity index (χ1v) is 5.60. The number of anilines is 2. The molecule has 0 aliphatic carbocycles. The second-order valence-corrected chi connectivity index (χ2v) is 3.93. The van der Waals surface area contributed by atoms with Gasteiger partial charge < -0.3 is 9.84 Å². The van der Waals surface area contributed by atoms with Crippen molar-refractivity contribution in [3.8, 4) is 0 Å². The van der Waals surface area contributed by atoms with Crippen molar-refractivity contribution in [2.24, 2.45) is 0 Å². The van der Waals surface area contributed by atoms with Gasteiger partial charge in [0.1, 0.15) is 5.76 Å². The third kappa shape index (κ3) is 3.29. The number of nitrogens with zero attached hydrogens (tertiary/aromatic N) is 2. The van der Waals surface area contributed by atoms with Crippen molar-refractivity contribution in [1.82, 2.24) is 10.1 Å². The Balaban J connectivity index is 2.00. The lowest BCUT2D eigenvalue weighted by Gasteiger charge is -2.05. The molecule has 0 bridgehead atoms. The van der Waals surface area contributed by atoms with Gasteiger partial charge in [-0.3, -0.25) is 14.9 Å². The van der Waals surface area contributed by atoms with Crippen LogP contribution in [0.5, 0.6) is 0 Å². The first-order chi connectivity index (χ1) is 9.06. The fourth-order valence-corrected chi connectivity index (χ4v) is 1.42. The van der Waals surface area contributed by atoms with Crippen molar-refractivity contribution in [3.05, 3.63) is 35.3 Å². The predicted octanol–water partition coefficient (Wildman–Crippen LogP) is 1.61. The molecule has 0 aliphatic heterocycles. The molecule has 0 saturated heterocycles. The van der Waals surface area contributed by atoms with E-state index in [9.17, 15) is 9.59 Å². The van der Waals surface area contributed by atoms with Crippen molar-refractivity contribution >= 4 is 34.9 Å². The maximum atomic E-state index is 11.6. The molecule has 0 unspecified atom stereocenters. The van der Waals surface area contributed by atoms with Crippen LogP contribution in [0.3, 0.4) is 0 Å². The van der Waals surface area contributed by atoms with Crippen LogP contribution in [0.15, 0.2) is 28.9 Å². The van der Waals surface area contributed by atoms with Crippen LogP contribution in [0.1, 0.15) is 5.76 Å². The first-order valence-electron chi connectivity index (χ1n) is 5.22. The summed E-state index contributed by atoms with van der Waals surface area (Å²) in [6.45, 7) is 1.66. The lowest BCUT2D eigenvalue weighted by Crippen LogP contribution is -2.29. The quantitative estimate of drug-likeness (QED) is 0.643. The monoisotopic (exact) mass is 280 g/mol. The number of aromatic nitrogens is 2. The third-order valence-corrected chi connectivity index (χ3v) is 2.38. The highest BCUT2D eigenvalue weighted by molar-refractivity contribution is 6.44. The molecule has 2 aromatic rings. The molecule has 2 rings (SSSR count). The molecule has 0 aliphatic rings. The van der Waals surface area contributed by atoms with E-state index in [4.69, 9.17) is 16.1 Å². The van der Waals surface area contributed by atoms with Crippen LogP contribution in [0.25, 0.3) is 0 Å². The summed E-state index contributed by atoms with van der Waals surface area (Å²) in [5, 5.41) is 8.25. The number of nitrogens with one attached hydrogen (secondary N) is 2. The van der Waals surface area contributed by atoms with Crippen LogP contribution in [0, 0.1) is 6.92 Å². The van der Waals surface area contributed by atoms with Gasteiger partial charge in [-0.05, 0) is 19.1 Å². The Morgan fingerprint density at radius 1 is 1.32 bits per heavy atom. The van der Waals surface area contributed by atoms with Gasteiger partial charge in [-0.1, -0.05) is 16.8 Å². The summed E-state index contributed by atoms with van der Waals surface area (Å²) in [4.78, 5) is 26.9. The molecule has 8 heteroatoms. The van der Waals surface area contributed by atoms with E-state index in [-0.39, 0.29) is 16.7 Å². The number of amides is 2. The summed E-state index contributed by atoms with van der Waals surface area (Å²) in [5.41, 5.74) is 0.251. The molecule has 7 nitrogen and oxygen atoms in total. The minimum atomic E-state index is -0.881. The lowest BCUT2D eigenvalue weighted by molar-refractivity contribution is -0.133. The van der Waals surface area contributed by atoms with Crippen LogP contribution in [-0.4, -0.2) is 22.0 Å². The molecule has 2 N–H and O–H groups in total. The van der Waals surface area contributed by atoms with Gasteiger partial charge in [0, 0.05) is 12.3 Å². The molecule has 0 spiro atoms. The van der Waals surface area contributed by atoms with E-state index in [0.717, 1.165) is 0 Å². The van der Waals surface area contributed by atoms with Crippen molar-refractivity contribution < 1.29 is 14.1 Å². The number of carbonyl (C=O) groups is 2. The number of hydrogen-bond donors (Lipinski definition) is 2. The van der Waals surface area contributed by atoms with Crippen LogP contribution in [0.4, 0.5) is 11.5 Å². The average molecular weight is 281 g/mol. The standard InChI is InChI=1S/C11H9ClN4O3/c1-6-5-8(16-19-6)15-11(18)10(17)14-7-3-2-4-13-9(7)12/h2-5H,1H3,(H,14,17)(H,15,16,18). The van der Waals surface area contributed by atoms with E-state index in [1.54, 1.807) is 13.0 Å². The second kappa shape index (κ2) is 5.49. The maximum absolute atomic E-state index is 11.6. The van der Waals surface area contributed by atoms with Crippen LogP contribution in [0.2, 0.25) is 5.15 Å². The molecule has 2 aromatic heterocycles. The topological polar surface area (TPSA) is 97.1 Å². The molecule has 0 saturated carbocycles. The van der Waals surface area contributed by atoms with Gasteiger partial charge in [0.2, 0.25) is 0 Å². The number of rotatable bonds is 2. The van der Waals surface area contributed by atoms with Gasteiger partial charge in [0.15, 0.2) is 11.0 Å². The minimum Gasteiger partial charge on any atom is -0.360 e. The highest BCUT2D eigenvalue weighted by Gasteiger charge is 2.16. The Morgan fingerprint density at radius 3 is 2.68 bits per heavy atom. The van der Waals surface area contributed by atoms with Crippen LogP contribution < -0.4 is 10.6 Å². The Kier molecular flexibility index (Phi) is 3.76. The normalized spacial score (nSPS) is 10.0. The molecule has 0 radical (unpaired) electrons. The molecule has 0 aromatic carbocycles. The highest BCUT2D eigenvalue weighted by atomic mass is 35.5.